The van der Waals surface area contributed by atoms with E-state index in [1.54, 1.807) is 0 Å². The van der Waals surface area contributed by atoms with E-state index in [0.29, 0.717) is 0 Å². The third-order valence-corrected chi connectivity index (χ3v) is 21.5. The first-order valence-electron chi connectivity index (χ1n) is 31.8. The Kier molecular flexibility index (Phi) is 24.3. The summed E-state index contributed by atoms with van der Waals surface area (Å²) >= 11 is 0. The maximum atomic E-state index is 13.1. The van der Waals surface area contributed by atoms with E-state index in [1.165, 1.54) is 0 Å². The standard InChI is InChI=1S/C60H76N4O36S4/c65-41-1-9-61(45(41)57(77)78)21-37-49(69)29-17-30(50(37)70)26(6-14-98-102(88,89)90)32-19-34(54(74)39(52(32)72)23-63-11-3-43(67)47(63)59(81)82)28(8-16-100-104(94,95)96)36-20-35(55(75)40(56(36)76)24-64-12-4-44(68)48(64)60(83)84)27(7-15-99-103(91,92)93)33-18-31(25(29)5-13-97-101(85,86)87)51(71)38(53(33)73)22-62-10-2-42(66)46(62)58(79)80/h17-20,25-28,41-48,65-76H,1-16,21-24H2,(H,77,78)(H,79,80)(H,81,82)(H,83,84)(H,85,86,87)(H,88,89,90)(H,91,92,93)(H,94,95,96)/t25?,26?,27?,28?,41-,42-,43-,44-,45-,46-,47-,48-/m1/s1. The molecule has 4 aromatic carbocycles. The van der Waals surface area contributed by atoms with Gasteiger partial charge in [-0.1, -0.05) is 0 Å². The Morgan fingerprint density at radius 1 is 0.317 bits per heavy atom. The molecule has 4 aromatic rings. The van der Waals surface area contributed by atoms with E-state index >= 15 is 0 Å². The van der Waals surface area contributed by atoms with E-state index in [1.807, 2.05) is 0 Å². The van der Waals surface area contributed by atoms with Gasteiger partial charge in [-0.3, -0.25) is 57.0 Å². The summed E-state index contributed by atoms with van der Waals surface area (Å²) < 4.78 is 159. The molecule has 0 amide bonds. The summed E-state index contributed by atoms with van der Waals surface area (Å²) in [5, 5.41) is 190. The van der Waals surface area contributed by atoms with Gasteiger partial charge >= 0.3 is 65.5 Å². The molecule has 20 N–H and O–H groups in total. The zero-order valence-electron chi connectivity index (χ0n) is 54.3. The summed E-state index contributed by atoms with van der Waals surface area (Å²) in [4.78, 5) is 55.7. The van der Waals surface area contributed by atoms with Crippen molar-refractivity contribution < 1.29 is 169 Å². The number of phenols is 8. The van der Waals surface area contributed by atoms with E-state index in [-0.39, 0.29) is 51.9 Å². The minimum atomic E-state index is -5.54. The first-order chi connectivity index (χ1) is 48.4. The van der Waals surface area contributed by atoms with Gasteiger partial charge in [0.1, 0.15) is 70.2 Å². The Balaban J connectivity index is 1.54. The molecule has 104 heavy (non-hydrogen) atoms. The second kappa shape index (κ2) is 31.4. The second-order valence-electron chi connectivity index (χ2n) is 25.7. The van der Waals surface area contributed by atoms with E-state index < -0.39 is 329 Å². The van der Waals surface area contributed by atoms with Crippen LogP contribution in [0.4, 0.5) is 0 Å². The number of likely N-dealkylation sites (tertiary alicyclic amines) is 4. The van der Waals surface area contributed by atoms with Crippen molar-refractivity contribution in [3.05, 3.63) is 91.0 Å². The second-order valence-corrected chi connectivity index (χ2v) is 30.1. The summed E-state index contributed by atoms with van der Waals surface area (Å²) in [6.07, 6.45) is -11.9. The number of aromatic hydroxyl groups is 8. The van der Waals surface area contributed by atoms with Gasteiger partial charge < -0.3 is 81.7 Å². The summed E-state index contributed by atoms with van der Waals surface area (Å²) in [6, 6.07) is -4.15. The number of aliphatic carboxylic acids is 4. The highest BCUT2D eigenvalue weighted by molar-refractivity contribution is 7.81. The molecular formula is C60H76N4O36S4. The number of carboxylic acid groups (broad SMARTS) is 4. The quantitative estimate of drug-likeness (QED) is 0.0306. The van der Waals surface area contributed by atoms with E-state index in [0.717, 1.165) is 43.9 Å². The molecule has 0 unspecified atom stereocenters. The zero-order chi connectivity index (χ0) is 76.9. The Labute approximate surface area is 591 Å². The van der Waals surface area contributed by atoms with Crippen molar-refractivity contribution in [2.24, 2.45) is 0 Å². The molecule has 4 aliphatic heterocycles. The van der Waals surface area contributed by atoms with Gasteiger partial charge in [0.15, 0.2) is 0 Å². The van der Waals surface area contributed by atoms with Crippen LogP contribution in [-0.4, -0.2) is 278 Å². The number of fused-ring (bicyclic) bond motifs is 8. The Morgan fingerprint density at radius 2 is 0.471 bits per heavy atom. The van der Waals surface area contributed by atoms with Crippen molar-refractivity contribution in [1.82, 2.24) is 19.6 Å². The highest BCUT2D eigenvalue weighted by Crippen LogP contribution is 2.56. The van der Waals surface area contributed by atoms with Gasteiger partial charge in [-0.15, -0.1) is 0 Å². The van der Waals surface area contributed by atoms with Crippen molar-refractivity contribution in [3.8, 4) is 46.0 Å². The fourth-order valence-corrected chi connectivity index (χ4v) is 16.2. The van der Waals surface area contributed by atoms with E-state index in [9.17, 15) is 153 Å². The van der Waals surface area contributed by atoms with E-state index in [2.05, 4.69) is 0 Å². The number of benzene rings is 4. The van der Waals surface area contributed by atoms with Crippen LogP contribution in [0.3, 0.4) is 0 Å². The molecule has 0 saturated carbocycles. The first kappa shape index (κ1) is 80.4. The average Bonchev–Trinajstić information content (AvgIpc) is 0.891. The van der Waals surface area contributed by atoms with Crippen molar-refractivity contribution in [3.63, 3.8) is 0 Å². The molecule has 0 spiro atoms. The first-order valence-corrected chi connectivity index (χ1v) is 37.2. The molecule has 9 rings (SSSR count). The molecule has 0 radical (unpaired) electrons. The maximum absolute atomic E-state index is 13.1. The summed E-state index contributed by atoms with van der Waals surface area (Å²) in [5.74, 6) is -24.4. The van der Waals surface area contributed by atoms with Gasteiger partial charge in [0.05, 0.1) is 73.1 Å². The molecule has 1 aliphatic carbocycles. The number of carboxylic acids is 4. The zero-order valence-corrected chi connectivity index (χ0v) is 57.5. The molecule has 44 heteroatoms. The molecular weight excluding hydrogens is 1480 g/mol. The summed E-state index contributed by atoms with van der Waals surface area (Å²) in [7, 11) is -22.1. The number of rotatable bonds is 28. The molecule has 8 bridgehead atoms. The van der Waals surface area contributed by atoms with Crippen molar-refractivity contribution in [2.75, 3.05) is 52.6 Å². The lowest BCUT2D eigenvalue weighted by Crippen LogP contribution is -2.41. The van der Waals surface area contributed by atoms with E-state index in [4.69, 9.17) is 16.7 Å². The molecule has 4 saturated heterocycles. The predicted molar refractivity (Wildman–Crippen MR) is 345 cm³/mol. The molecule has 40 nitrogen and oxygen atoms in total. The van der Waals surface area contributed by atoms with Crippen molar-refractivity contribution in [1.29, 1.82) is 0 Å². The molecule has 4 fully saturated rings. The lowest BCUT2D eigenvalue weighted by atomic mass is 9.75. The lowest BCUT2D eigenvalue weighted by molar-refractivity contribution is -0.146. The number of phenolic OH excluding ortho intramolecular Hbond substituents is 8. The van der Waals surface area contributed by atoms with Crippen LogP contribution in [0.25, 0.3) is 0 Å². The topological polar surface area (TPSA) is 659 Å². The van der Waals surface area contributed by atoms with Gasteiger partial charge in [-0.25, -0.2) is 16.7 Å². The molecule has 0 aromatic heterocycles. The van der Waals surface area contributed by atoms with Crippen LogP contribution in [-0.2, 0) is 104 Å². The Hall–Kier alpha value is -7.68. The third kappa shape index (κ3) is 17.6. The monoisotopic (exact) mass is 1560 g/mol. The van der Waals surface area contributed by atoms with Gasteiger partial charge in [0.2, 0.25) is 0 Å². The average molecular weight is 1560 g/mol. The summed E-state index contributed by atoms with van der Waals surface area (Å²) in [6.45, 7) is -10.3. The van der Waals surface area contributed by atoms with Crippen LogP contribution >= 0.6 is 0 Å². The van der Waals surface area contributed by atoms with Gasteiger partial charge in [-0.2, -0.15) is 33.7 Å². The Bertz CT molecular complexity index is 3800. The summed E-state index contributed by atoms with van der Waals surface area (Å²) in [5.41, 5.74) is -8.94. The smallest absolute Gasteiger partial charge is 0.397 e. The normalized spacial score (nSPS) is 25.2. The molecule has 8 atom stereocenters. The van der Waals surface area contributed by atoms with Crippen LogP contribution in [0.15, 0.2) is 24.3 Å². The molecule has 576 valence electrons. The minimum Gasteiger partial charge on any atom is -0.507 e. The number of aliphatic hydroxyl groups is 4. The lowest BCUT2D eigenvalue weighted by Gasteiger charge is -2.33. The van der Waals surface area contributed by atoms with Crippen LogP contribution in [0, 0.1) is 0 Å². The molecule has 5 aliphatic rings. The maximum Gasteiger partial charge on any atom is 0.397 e. The fraction of sp³-hybridized carbons (Fsp3) is 0.533. The molecule has 4 heterocycles. The highest BCUT2D eigenvalue weighted by atomic mass is 32.3. The fourth-order valence-electron chi connectivity index (χ4n) is 14.9. The number of carbonyl (C=O) groups is 4. The van der Waals surface area contributed by atoms with Crippen molar-refractivity contribution >= 4 is 65.5 Å². The van der Waals surface area contributed by atoms with Crippen LogP contribution in [0.2, 0.25) is 0 Å². The van der Waals surface area contributed by atoms with Crippen LogP contribution < -0.4 is 0 Å². The van der Waals surface area contributed by atoms with Gasteiger partial charge in [0.25, 0.3) is 0 Å². The van der Waals surface area contributed by atoms with Gasteiger partial charge in [-0.05, 0) is 75.6 Å². The highest BCUT2D eigenvalue weighted by Gasteiger charge is 2.46. The van der Waals surface area contributed by atoms with Crippen molar-refractivity contribution in [2.45, 2.75) is 150 Å². The van der Waals surface area contributed by atoms with Crippen LogP contribution in [0.1, 0.15) is 142 Å². The Morgan fingerprint density at radius 3 is 0.606 bits per heavy atom. The van der Waals surface area contributed by atoms with Gasteiger partial charge in [0, 0.05) is 121 Å². The SMILES string of the molecule is O=C(O)[C@H]1[C@H](O)CCN1Cc1c(O)c2cc(c1O)C(CCOS(=O)(=O)O)c1cc(c(O)c(CN3CC[C@@H](O)[C@@H]3C(=O)O)c1O)C(CCOS(=O)(=O)O)c1cc(c(O)c(CN3CC[C@@H](O)[C@@H]3C(=O)O)c1O)C(CCOS(=O)(=O)O)c1cc(c(O)c(CN3CC[C@@H](O)[C@@H]3C(=O)O)c1O)C2CCOS(=O)(=O)O. The number of aliphatic hydroxyl groups excluding tert-OH is 4. The predicted octanol–water partition coefficient (Wildman–Crippen LogP) is -0.910. The largest absolute Gasteiger partial charge is 0.507 e. The minimum absolute atomic E-state index is 0.296. The number of hydrogen-bond acceptors (Lipinski definition) is 32. The number of hydrogen-bond donors (Lipinski definition) is 20. The number of nitrogens with zero attached hydrogens (tertiary/aromatic N) is 4. The van der Waals surface area contributed by atoms with Crippen LogP contribution in [0.5, 0.6) is 46.0 Å². The third-order valence-electron chi connectivity index (χ3n) is 19.6.